The van der Waals surface area contributed by atoms with E-state index in [1.165, 1.54) is 0 Å². The summed E-state index contributed by atoms with van der Waals surface area (Å²) in [5, 5.41) is 12.7. The number of hydrogen-bond donors (Lipinski definition) is 4. The van der Waals surface area contributed by atoms with Gasteiger partial charge in [-0.15, -0.1) is 0 Å². The zero-order valence-corrected chi connectivity index (χ0v) is 29.6. The molecule has 3 amide bonds. The molecule has 5 N–H and O–H groups in total. The monoisotopic (exact) mass is 692 g/mol. The number of ether oxygens (including phenoxy) is 1. The summed E-state index contributed by atoms with van der Waals surface area (Å²) in [5.74, 6) is -1.18. The largest absolute Gasteiger partial charge is 0.432 e. The topological polar surface area (TPSA) is 145 Å². The van der Waals surface area contributed by atoms with Gasteiger partial charge in [0.05, 0.1) is 31.4 Å². The fraction of sp³-hybridized carbons (Fsp3) is 0.308. The third-order valence-corrected chi connectivity index (χ3v) is 12.4. The van der Waals surface area contributed by atoms with Crippen molar-refractivity contribution >= 4 is 43.1 Å². The molecule has 1 fully saturated rings. The predicted molar refractivity (Wildman–Crippen MR) is 196 cm³/mol. The van der Waals surface area contributed by atoms with Crippen molar-refractivity contribution in [3.8, 4) is 0 Å². The number of fused-ring (bicyclic) bond motifs is 2. The highest BCUT2D eigenvalue weighted by molar-refractivity contribution is 6.71. The summed E-state index contributed by atoms with van der Waals surface area (Å²) in [5.41, 5.74) is 8.71. The Morgan fingerprint density at radius 1 is 0.960 bits per heavy atom. The fourth-order valence-corrected chi connectivity index (χ4v) is 10.2. The predicted octanol–water partition coefficient (Wildman–Crippen LogP) is 5.28. The molecular weight excluding hydrogens is 649 g/mol. The Morgan fingerprint density at radius 3 is 2.34 bits per heavy atom. The van der Waals surface area contributed by atoms with Crippen LogP contribution in [0.15, 0.2) is 103 Å². The number of aliphatic hydroxyl groups is 1. The lowest BCUT2D eigenvalue weighted by molar-refractivity contribution is -0.150. The summed E-state index contributed by atoms with van der Waals surface area (Å²) in [6, 6.07) is 31.1. The van der Waals surface area contributed by atoms with Crippen LogP contribution in [0.2, 0.25) is 18.6 Å². The van der Waals surface area contributed by atoms with Crippen molar-refractivity contribution in [3.63, 3.8) is 0 Å². The summed E-state index contributed by atoms with van der Waals surface area (Å²) in [6.07, 6.45) is -0.754. The summed E-state index contributed by atoms with van der Waals surface area (Å²) in [6.45, 7) is 6.11. The lowest BCUT2D eigenvalue weighted by Gasteiger charge is -2.32. The van der Waals surface area contributed by atoms with Crippen LogP contribution in [0, 0.1) is 5.92 Å². The van der Waals surface area contributed by atoms with E-state index in [2.05, 4.69) is 5.32 Å². The van der Waals surface area contributed by atoms with Gasteiger partial charge >= 0.3 is 0 Å². The second kappa shape index (κ2) is 14.2. The highest BCUT2D eigenvalue weighted by atomic mass is 28.4. The number of para-hydroxylation sites is 1. The lowest BCUT2D eigenvalue weighted by Crippen LogP contribution is -2.46. The summed E-state index contributed by atoms with van der Waals surface area (Å²) in [7, 11) is -3.00. The van der Waals surface area contributed by atoms with E-state index in [-0.39, 0.29) is 43.8 Å². The molecule has 2 heterocycles. The zero-order chi connectivity index (χ0) is 35.6. The molecule has 10 nitrogen and oxygen atoms in total. The molecule has 2 aliphatic heterocycles. The van der Waals surface area contributed by atoms with E-state index in [0.29, 0.717) is 34.7 Å². The Labute approximate surface area is 293 Å². The Kier molecular flexibility index (Phi) is 9.95. The molecular formula is C39H44N4O6Si. The standard InChI is InChI=1S/C39H44N4O6Si/c1-26-36(50(2,3)48)34(23-35(45)42(20-21-44)24-27-10-5-4-6-11-27)49-39(26)32-14-7-8-15-33(32)43(38(39)47)25-28-12-9-13-31(22-28)41-37(46)29-16-18-30(40)19-17-29/h4-19,22,26,34,36,44,48H,20-21,23-25,40H2,1-3H3,(H,41,46)/t26-,34+,36-,39+/m1/s1. The van der Waals surface area contributed by atoms with E-state index >= 15 is 0 Å². The maximum atomic E-state index is 14.8. The van der Waals surface area contributed by atoms with Crippen molar-refractivity contribution in [1.29, 1.82) is 0 Å². The van der Waals surface area contributed by atoms with Crippen LogP contribution in [0.3, 0.4) is 0 Å². The molecule has 0 radical (unpaired) electrons. The van der Waals surface area contributed by atoms with Gasteiger partial charge in [-0.3, -0.25) is 14.4 Å². The molecule has 2 aliphatic rings. The third kappa shape index (κ3) is 6.82. The van der Waals surface area contributed by atoms with Crippen LogP contribution in [0.1, 0.15) is 40.4 Å². The van der Waals surface area contributed by atoms with Crippen LogP contribution in [0.5, 0.6) is 0 Å². The minimum absolute atomic E-state index is 0.0359. The van der Waals surface area contributed by atoms with Crippen LogP contribution in [-0.4, -0.2) is 60.1 Å². The summed E-state index contributed by atoms with van der Waals surface area (Å²) < 4.78 is 6.86. The first-order valence-electron chi connectivity index (χ1n) is 16.9. The molecule has 260 valence electrons. The normalized spacial score (nSPS) is 21.3. The molecule has 1 spiro atoms. The van der Waals surface area contributed by atoms with Crippen LogP contribution < -0.4 is 16.0 Å². The first kappa shape index (κ1) is 35.0. The smallest absolute Gasteiger partial charge is 0.264 e. The molecule has 11 heteroatoms. The Morgan fingerprint density at radius 2 is 1.64 bits per heavy atom. The number of nitrogens with zero attached hydrogens (tertiary/aromatic N) is 2. The number of hydrogen-bond acceptors (Lipinski definition) is 7. The van der Waals surface area contributed by atoms with Gasteiger partial charge in [-0.1, -0.05) is 67.6 Å². The zero-order valence-electron chi connectivity index (χ0n) is 28.6. The first-order valence-corrected chi connectivity index (χ1v) is 19.9. The van der Waals surface area contributed by atoms with Crippen LogP contribution in [0.25, 0.3) is 0 Å². The van der Waals surface area contributed by atoms with Crippen molar-refractivity contribution in [1.82, 2.24) is 4.90 Å². The van der Waals surface area contributed by atoms with Crippen molar-refractivity contribution in [3.05, 3.63) is 125 Å². The molecule has 0 unspecified atom stereocenters. The highest BCUT2D eigenvalue weighted by Gasteiger charge is 2.66. The van der Waals surface area contributed by atoms with Gasteiger partial charge in [0.25, 0.3) is 11.8 Å². The van der Waals surface area contributed by atoms with Crippen LogP contribution >= 0.6 is 0 Å². The highest BCUT2D eigenvalue weighted by Crippen LogP contribution is 2.59. The van der Waals surface area contributed by atoms with E-state index in [1.54, 1.807) is 40.1 Å². The maximum Gasteiger partial charge on any atom is 0.264 e. The van der Waals surface area contributed by atoms with E-state index in [9.17, 15) is 24.3 Å². The lowest BCUT2D eigenvalue weighted by atomic mass is 9.82. The van der Waals surface area contributed by atoms with Crippen molar-refractivity contribution in [2.75, 3.05) is 29.1 Å². The molecule has 4 aromatic carbocycles. The second-order valence-corrected chi connectivity index (χ2v) is 17.7. The minimum Gasteiger partial charge on any atom is -0.432 e. The van der Waals surface area contributed by atoms with Gasteiger partial charge in [0.2, 0.25) is 5.91 Å². The Hall–Kier alpha value is -4.81. The molecule has 4 aromatic rings. The van der Waals surface area contributed by atoms with Crippen molar-refractivity contribution < 1.29 is 29.0 Å². The minimum atomic E-state index is -3.00. The van der Waals surface area contributed by atoms with Crippen LogP contribution in [-0.2, 0) is 33.0 Å². The molecule has 1 saturated heterocycles. The number of aliphatic hydroxyl groups excluding tert-OH is 1. The molecule has 0 aliphatic carbocycles. The molecule has 6 rings (SSSR count). The maximum absolute atomic E-state index is 14.8. The van der Waals surface area contributed by atoms with Gasteiger partial charge in [-0.05, 0) is 66.7 Å². The Bertz CT molecular complexity index is 1860. The van der Waals surface area contributed by atoms with E-state index in [0.717, 1.165) is 11.1 Å². The van der Waals surface area contributed by atoms with Crippen LogP contribution in [0.4, 0.5) is 17.1 Å². The number of amides is 3. The quantitative estimate of drug-likeness (QED) is 0.124. The second-order valence-electron chi connectivity index (χ2n) is 13.8. The number of anilines is 3. The number of rotatable bonds is 11. The first-order chi connectivity index (χ1) is 23.9. The fourth-order valence-electron chi connectivity index (χ4n) is 7.67. The summed E-state index contributed by atoms with van der Waals surface area (Å²) >= 11 is 0. The van der Waals surface area contributed by atoms with E-state index < -0.39 is 31.5 Å². The number of nitrogens with one attached hydrogen (secondary N) is 1. The van der Waals surface area contributed by atoms with E-state index in [4.69, 9.17) is 10.5 Å². The van der Waals surface area contributed by atoms with Gasteiger partial charge in [-0.2, -0.15) is 0 Å². The number of carbonyl (C=O) groups is 3. The number of benzene rings is 4. The average molecular weight is 693 g/mol. The average Bonchev–Trinajstić information content (AvgIpc) is 3.51. The van der Waals surface area contributed by atoms with Crippen molar-refractivity contribution in [2.24, 2.45) is 5.92 Å². The number of nitrogen functional groups attached to an aromatic ring is 1. The molecule has 0 aromatic heterocycles. The van der Waals surface area contributed by atoms with Gasteiger partial charge in [0.15, 0.2) is 13.9 Å². The van der Waals surface area contributed by atoms with Gasteiger partial charge < -0.3 is 35.5 Å². The van der Waals surface area contributed by atoms with Gasteiger partial charge in [0, 0.05) is 47.1 Å². The summed E-state index contributed by atoms with van der Waals surface area (Å²) in [4.78, 5) is 56.5. The Balaban J connectivity index is 1.27. The third-order valence-electron chi connectivity index (χ3n) is 9.90. The molecule has 0 bridgehead atoms. The van der Waals surface area contributed by atoms with Gasteiger partial charge in [-0.25, -0.2) is 0 Å². The molecule has 50 heavy (non-hydrogen) atoms. The molecule has 0 saturated carbocycles. The van der Waals surface area contributed by atoms with Crippen molar-refractivity contribution in [2.45, 2.75) is 56.8 Å². The number of carbonyl (C=O) groups excluding carboxylic acids is 3. The van der Waals surface area contributed by atoms with E-state index in [1.807, 2.05) is 92.8 Å². The van der Waals surface area contributed by atoms with Gasteiger partial charge in [0.1, 0.15) is 0 Å². The number of nitrogens with two attached hydrogens (primary N) is 1. The SMILES string of the molecule is C[C@@H]1[C@@H]([Si](C)(C)O)[C@H](CC(=O)N(CCO)Cc2ccccc2)O[C@@]12C(=O)N(Cc1cccc(NC(=O)c3ccc(N)cc3)c1)c1ccccc12. The molecule has 4 atom stereocenters.